The first-order chi connectivity index (χ1) is 24.6. The Morgan fingerprint density at radius 2 is 1.82 bits per heavy atom. The lowest BCUT2D eigenvalue weighted by Crippen LogP contribution is -2.46. The van der Waals surface area contributed by atoms with Gasteiger partial charge in [0, 0.05) is 62.1 Å². The molecule has 2 aliphatic heterocycles. The Morgan fingerprint density at radius 1 is 1.04 bits per heavy atom. The van der Waals surface area contributed by atoms with Gasteiger partial charge in [-0.2, -0.15) is 4.98 Å². The summed E-state index contributed by atoms with van der Waals surface area (Å²) in [4.78, 5) is 48.0. The Bertz CT molecular complexity index is 2380. The van der Waals surface area contributed by atoms with Gasteiger partial charge in [0.15, 0.2) is 11.5 Å². The number of aromatic amines is 1. The monoisotopic (exact) mass is 687 g/mol. The number of H-pyrrole nitrogens is 1. The molecular formula is C38H38FN9O3. The molecule has 51 heavy (non-hydrogen) atoms. The minimum atomic E-state index is -1.16. The van der Waals surface area contributed by atoms with Crippen molar-refractivity contribution in [3.63, 3.8) is 0 Å². The van der Waals surface area contributed by atoms with Gasteiger partial charge >= 0.3 is 0 Å². The molecule has 6 heterocycles. The van der Waals surface area contributed by atoms with Gasteiger partial charge in [-0.25, -0.2) is 23.7 Å². The topological polar surface area (TPSA) is 137 Å². The zero-order valence-electron chi connectivity index (χ0n) is 28.5. The lowest BCUT2D eigenvalue weighted by molar-refractivity contribution is 0.0737. The summed E-state index contributed by atoms with van der Waals surface area (Å²) in [7, 11) is 0. The van der Waals surface area contributed by atoms with E-state index in [0.717, 1.165) is 41.8 Å². The molecule has 0 saturated carbocycles. The van der Waals surface area contributed by atoms with Crippen molar-refractivity contribution in [1.82, 2.24) is 39.5 Å². The molecule has 8 rings (SSSR count). The highest BCUT2D eigenvalue weighted by molar-refractivity contribution is 6.10. The summed E-state index contributed by atoms with van der Waals surface area (Å²) in [6.45, 7) is 11.7. The molecule has 13 heteroatoms. The normalized spacial score (nSPS) is 15.4. The minimum Gasteiger partial charge on any atom is -0.384 e. The van der Waals surface area contributed by atoms with Crippen LogP contribution in [0.2, 0.25) is 0 Å². The summed E-state index contributed by atoms with van der Waals surface area (Å²) in [5.74, 6) is 0.313. The van der Waals surface area contributed by atoms with E-state index < -0.39 is 11.4 Å². The number of aliphatic hydroxyl groups is 1. The van der Waals surface area contributed by atoms with Crippen LogP contribution >= 0.6 is 0 Å². The zero-order chi connectivity index (χ0) is 35.4. The van der Waals surface area contributed by atoms with Gasteiger partial charge in [0.25, 0.3) is 11.5 Å². The second kappa shape index (κ2) is 12.6. The molecule has 0 aliphatic carbocycles. The van der Waals surface area contributed by atoms with Crippen LogP contribution in [-0.2, 0) is 25.1 Å². The second-order valence-corrected chi connectivity index (χ2v) is 13.7. The maximum absolute atomic E-state index is 14.3. The van der Waals surface area contributed by atoms with Gasteiger partial charge in [-0.3, -0.25) is 14.5 Å². The van der Waals surface area contributed by atoms with Gasteiger partial charge in [0.2, 0.25) is 5.95 Å². The number of hydrogen-bond acceptors (Lipinski definition) is 8. The summed E-state index contributed by atoms with van der Waals surface area (Å²) in [6.07, 6.45) is 3.89. The van der Waals surface area contributed by atoms with E-state index in [1.165, 1.54) is 22.4 Å². The Labute approximate surface area is 292 Å². The maximum Gasteiger partial charge on any atom is 0.278 e. The fourth-order valence-electron chi connectivity index (χ4n) is 7.15. The van der Waals surface area contributed by atoms with Crippen molar-refractivity contribution in [1.29, 1.82) is 0 Å². The van der Waals surface area contributed by atoms with Crippen LogP contribution < -0.4 is 15.8 Å². The standard InChI is InChI=1S/C38H38FN9O3/c1-4-14-47-36(50)28-21-41-37(44-34(28)48(47)31-7-5-6-30(43-31)38(2,3)51)46-17-15-45(16-18-46)22-23-8-10-24(11-9-23)33-26-12-13-40-35(49)27-19-25(39)20-29(42-33)32(26)27/h4-11,19-21,42,51H,1,12-18,22H2,2-3H3,(H,40,49). The lowest BCUT2D eigenvalue weighted by Gasteiger charge is -2.34. The molecule has 1 saturated heterocycles. The van der Waals surface area contributed by atoms with Crippen molar-refractivity contribution in [2.24, 2.45) is 0 Å². The van der Waals surface area contributed by atoms with Gasteiger partial charge in [-0.05, 0) is 61.2 Å². The minimum absolute atomic E-state index is 0.243. The molecule has 4 aromatic heterocycles. The quantitative estimate of drug-likeness (QED) is 0.202. The number of amides is 1. The van der Waals surface area contributed by atoms with Crippen molar-refractivity contribution in [3.05, 3.63) is 112 Å². The number of halogens is 1. The van der Waals surface area contributed by atoms with Crippen LogP contribution in [0.25, 0.3) is 39.0 Å². The van der Waals surface area contributed by atoms with E-state index in [-0.39, 0.29) is 18.0 Å². The molecule has 6 aromatic rings. The van der Waals surface area contributed by atoms with Gasteiger partial charge in [-0.15, -0.1) is 6.58 Å². The predicted octanol–water partition coefficient (Wildman–Crippen LogP) is 4.29. The van der Waals surface area contributed by atoms with E-state index in [1.807, 2.05) is 0 Å². The third-order valence-corrected chi connectivity index (χ3v) is 9.72. The third kappa shape index (κ3) is 5.87. The van der Waals surface area contributed by atoms with Crippen LogP contribution in [0.5, 0.6) is 0 Å². The van der Waals surface area contributed by atoms with Gasteiger partial charge in [0.05, 0.1) is 17.8 Å². The molecular weight excluding hydrogens is 649 g/mol. The summed E-state index contributed by atoms with van der Waals surface area (Å²) in [5.41, 5.74) is 4.61. The second-order valence-electron chi connectivity index (χ2n) is 13.7. The number of nitrogens with one attached hydrogen (secondary N) is 2. The van der Waals surface area contributed by atoms with Crippen LogP contribution in [0.4, 0.5) is 10.3 Å². The lowest BCUT2D eigenvalue weighted by atomic mass is 9.99. The van der Waals surface area contributed by atoms with Crippen molar-refractivity contribution < 1.29 is 14.3 Å². The number of benzene rings is 2. The number of rotatable bonds is 8. The highest BCUT2D eigenvalue weighted by Crippen LogP contribution is 2.35. The average molecular weight is 688 g/mol. The number of fused-ring (bicyclic) bond motifs is 1. The van der Waals surface area contributed by atoms with Crippen LogP contribution in [-0.4, -0.2) is 77.9 Å². The SMILES string of the molecule is C=CCn1c(=O)c2cnc(N3CCN(Cc4ccc(-c5[nH]c6cc(F)cc7c6c5CCNC7=O)cc4)CC3)nc2n1-c1cccc(C(C)(C)O)n1. The van der Waals surface area contributed by atoms with E-state index in [4.69, 9.17) is 4.98 Å². The van der Waals surface area contributed by atoms with Crippen molar-refractivity contribution in [3.8, 4) is 17.1 Å². The van der Waals surface area contributed by atoms with Crippen molar-refractivity contribution in [2.75, 3.05) is 37.6 Å². The number of hydrogen-bond donors (Lipinski definition) is 3. The first-order valence-electron chi connectivity index (χ1n) is 17.1. The Morgan fingerprint density at radius 3 is 2.57 bits per heavy atom. The fraction of sp³-hybridized carbons (Fsp3) is 0.289. The largest absolute Gasteiger partial charge is 0.384 e. The maximum atomic E-state index is 14.3. The first kappa shape index (κ1) is 32.5. The number of pyridine rings is 1. The molecule has 12 nitrogen and oxygen atoms in total. The smallest absolute Gasteiger partial charge is 0.278 e. The molecule has 1 amide bonds. The first-order valence-corrected chi connectivity index (χ1v) is 17.1. The van der Waals surface area contributed by atoms with E-state index in [2.05, 4.69) is 60.9 Å². The summed E-state index contributed by atoms with van der Waals surface area (Å²) in [6, 6.07) is 16.5. The Balaban J connectivity index is 0.998. The summed E-state index contributed by atoms with van der Waals surface area (Å²) in [5, 5.41) is 14.7. The fourth-order valence-corrected chi connectivity index (χ4v) is 7.15. The summed E-state index contributed by atoms with van der Waals surface area (Å²) < 4.78 is 17.6. The number of piperazine rings is 1. The molecule has 0 bridgehead atoms. The molecule has 0 unspecified atom stereocenters. The number of allylic oxidation sites excluding steroid dienone is 1. The number of carbonyl (C=O) groups is 1. The highest BCUT2D eigenvalue weighted by Gasteiger charge is 2.26. The molecule has 260 valence electrons. The predicted molar refractivity (Wildman–Crippen MR) is 194 cm³/mol. The molecule has 3 N–H and O–H groups in total. The Kier molecular flexibility index (Phi) is 8.03. The van der Waals surface area contributed by atoms with Gasteiger partial charge < -0.3 is 20.3 Å². The molecule has 2 aromatic carbocycles. The summed E-state index contributed by atoms with van der Waals surface area (Å²) >= 11 is 0. The van der Waals surface area contributed by atoms with Crippen LogP contribution in [0, 0.1) is 5.82 Å². The van der Waals surface area contributed by atoms with Crippen LogP contribution in [0.1, 0.15) is 41.0 Å². The van der Waals surface area contributed by atoms with Crippen LogP contribution in [0.3, 0.4) is 0 Å². The number of anilines is 1. The van der Waals surface area contributed by atoms with Crippen molar-refractivity contribution in [2.45, 2.75) is 39.0 Å². The zero-order valence-corrected chi connectivity index (χ0v) is 28.5. The highest BCUT2D eigenvalue weighted by atomic mass is 19.1. The number of carbonyl (C=O) groups excluding carboxylic acids is 1. The molecule has 2 aliphatic rings. The van der Waals surface area contributed by atoms with Crippen LogP contribution in [0.15, 0.2) is 78.2 Å². The average Bonchev–Trinajstić information content (AvgIpc) is 3.55. The third-order valence-electron chi connectivity index (χ3n) is 9.72. The molecule has 0 spiro atoms. The van der Waals surface area contributed by atoms with E-state index in [1.54, 1.807) is 49.0 Å². The van der Waals surface area contributed by atoms with Gasteiger partial charge in [0.1, 0.15) is 16.8 Å². The van der Waals surface area contributed by atoms with Gasteiger partial charge in [-0.1, -0.05) is 36.4 Å². The molecule has 0 radical (unpaired) electrons. The van der Waals surface area contributed by atoms with E-state index in [0.29, 0.717) is 65.6 Å². The number of aromatic nitrogens is 6. The molecule has 0 atom stereocenters. The number of nitrogens with zero attached hydrogens (tertiary/aromatic N) is 7. The molecule has 1 fully saturated rings. The Hall–Kier alpha value is -5.66. The van der Waals surface area contributed by atoms with Crippen molar-refractivity contribution >= 4 is 33.8 Å². The van der Waals surface area contributed by atoms with E-state index >= 15 is 0 Å². The van der Waals surface area contributed by atoms with E-state index in [9.17, 15) is 19.1 Å².